The summed E-state index contributed by atoms with van der Waals surface area (Å²) in [6, 6.07) is 10.1. The third kappa shape index (κ3) is 2.66. The molecule has 3 atom stereocenters. The average molecular weight is 326 g/mol. The Morgan fingerprint density at radius 2 is 2.21 bits per heavy atom. The molecule has 0 aromatic heterocycles. The molecule has 130 valence electrons. The first-order chi connectivity index (χ1) is 11.8. The molecular formula is C20H30N4. The van der Waals surface area contributed by atoms with Crippen LogP contribution in [0.1, 0.15) is 49.7 Å². The Bertz CT molecular complexity index is 599. The molecule has 1 saturated heterocycles. The van der Waals surface area contributed by atoms with Gasteiger partial charge in [0.1, 0.15) is 0 Å². The number of hydrogen-bond acceptors (Lipinski definition) is 3. The maximum absolute atomic E-state index is 5.23. The number of rotatable bonds is 5. The average Bonchev–Trinajstić information content (AvgIpc) is 2.63. The molecule has 0 spiro atoms. The van der Waals surface area contributed by atoms with E-state index in [0.29, 0.717) is 5.41 Å². The standard InChI is InChI=1S/C20H30N4/c21-23-15-22-11-5-12-24-13-10-20-9-4-3-8-18(20)19(24)14-16-6-1-2-7-17(16)20/h1-2,6-7,15,18-19H,3-5,8-14,21H2,(H,22,23)/t18-,19+,20-/m0/s1. The van der Waals surface area contributed by atoms with E-state index >= 15 is 0 Å². The number of nitrogens with zero attached hydrogens (tertiary/aromatic N) is 2. The topological polar surface area (TPSA) is 53.6 Å². The zero-order valence-electron chi connectivity index (χ0n) is 14.6. The van der Waals surface area contributed by atoms with Gasteiger partial charge in [0.05, 0.1) is 6.34 Å². The predicted molar refractivity (Wildman–Crippen MR) is 99.1 cm³/mol. The molecule has 0 radical (unpaired) electrons. The van der Waals surface area contributed by atoms with Gasteiger partial charge >= 0.3 is 0 Å². The summed E-state index contributed by atoms with van der Waals surface area (Å²) in [6.07, 6.45) is 11.0. The Kier molecular flexibility index (Phi) is 4.59. The van der Waals surface area contributed by atoms with Crippen molar-refractivity contribution >= 4 is 6.34 Å². The largest absolute Gasteiger partial charge is 0.315 e. The molecule has 1 heterocycles. The summed E-state index contributed by atoms with van der Waals surface area (Å²) in [5, 5.41) is 0. The Balaban J connectivity index is 1.55. The Morgan fingerprint density at radius 3 is 3.12 bits per heavy atom. The summed E-state index contributed by atoms with van der Waals surface area (Å²) in [4.78, 5) is 7.06. The van der Waals surface area contributed by atoms with Gasteiger partial charge in [-0.2, -0.15) is 0 Å². The van der Waals surface area contributed by atoms with E-state index in [4.69, 9.17) is 5.84 Å². The molecule has 4 nitrogen and oxygen atoms in total. The number of aliphatic imine (C=N–C) groups is 1. The van der Waals surface area contributed by atoms with Crippen LogP contribution in [-0.4, -0.2) is 36.9 Å². The van der Waals surface area contributed by atoms with Crippen LogP contribution in [0.2, 0.25) is 0 Å². The summed E-state index contributed by atoms with van der Waals surface area (Å²) in [7, 11) is 0. The normalized spacial score (nSPS) is 32.4. The first kappa shape index (κ1) is 16.1. The van der Waals surface area contributed by atoms with Crippen LogP contribution in [0.25, 0.3) is 0 Å². The minimum absolute atomic E-state index is 0.482. The molecule has 3 aliphatic rings. The second-order valence-electron chi connectivity index (χ2n) is 7.78. The highest BCUT2D eigenvalue weighted by molar-refractivity contribution is 5.52. The van der Waals surface area contributed by atoms with E-state index in [1.54, 1.807) is 17.5 Å². The second-order valence-corrected chi connectivity index (χ2v) is 7.78. The predicted octanol–water partition coefficient (Wildman–Crippen LogP) is 2.63. The van der Waals surface area contributed by atoms with E-state index in [9.17, 15) is 0 Å². The van der Waals surface area contributed by atoms with Gasteiger partial charge < -0.3 is 5.43 Å². The van der Waals surface area contributed by atoms with Crippen LogP contribution in [0.5, 0.6) is 0 Å². The lowest BCUT2D eigenvalue weighted by molar-refractivity contribution is -0.0113. The SMILES string of the molecule is NNC=NCCCN1CC[C@]23CCCC[C@H]2[C@H]1Cc1ccccc13. The fourth-order valence-corrected chi connectivity index (χ4v) is 5.81. The van der Waals surface area contributed by atoms with Gasteiger partial charge in [-0.3, -0.25) is 9.89 Å². The molecule has 1 aliphatic heterocycles. The van der Waals surface area contributed by atoms with E-state index in [0.717, 1.165) is 24.9 Å². The van der Waals surface area contributed by atoms with Crippen LogP contribution in [0.15, 0.2) is 29.3 Å². The lowest BCUT2D eigenvalue weighted by atomic mass is 9.52. The molecule has 2 fully saturated rings. The molecule has 4 heteroatoms. The van der Waals surface area contributed by atoms with Crippen molar-refractivity contribution in [2.75, 3.05) is 19.6 Å². The van der Waals surface area contributed by atoms with Crippen LogP contribution in [-0.2, 0) is 11.8 Å². The highest BCUT2D eigenvalue weighted by Crippen LogP contribution is 2.55. The van der Waals surface area contributed by atoms with Gasteiger partial charge in [0.25, 0.3) is 0 Å². The Labute approximate surface area is 145 Å². The smallest absolute Gasteiger partial charge is 0.0964 e. The van der Waals surface area contributed by atoms with Crippen LogP contribution in [0, 0.1) is 5.92 Å². The summed E-state index contributed by atoms with van der Waals surface area (Å²) in [5.74, 6) is 6.09. The molecule has 2 aliphatic carbocycles. The number of piperidine rings is 1. The monoisotopic (exact) mass is 326 g/mol. The van der Waals surface area contributed by atoms with E-state index in [-0.39, 0.29) is 0 Å². The third-order valence-electron chi connectivity index (χ3n) is 6.76. The lowest BCUT2D eigenvalue weighted by Gasteiger charge is -2.59. The van der Waals surface area contributed by atoms with Crippen molar-refractivity contribution in [3.8, 4) is 0 Å². The number of hydrogen-bond donors (Lipinski definition) is 2. The van der Waals surface area contributed by atoms with Crippen molar-refractivity contribution in [1.82, 2.24) is 10.3 Å². The summed E-state index contributed by atoms with van der Waals surface area (Å²) in [5.41, 5.74) is 6.28. The van der Waals surface area contributed by atoms with Crippen molar-refractivity contribution in [3.63, 3.8) is 0 Å². The molecule has 3 N–H and O–H groups in total. The van der Waals surface area contributed by atoms with Crippen molar-refractivity contribution < 1.29 is 0 Å². The first-order valence-corrected chi connectivity index (χ1v) is 9.62. The first-order valence-electron chi connectivity index (χ1n) is 9.62. The maximum Gasteiger partial charge on any atom is 0.0964 e. The molecule has 1 saturated carbocycles. The molecule has 24 heavy (non-hydrogen) atoms. The van der Waals surface area contributed by atoms with Gasteiger partial charge in [-0.05, 0) is 55.7 Å². The lowest BCUT2D eigenvalue weighted by Crippen LogP contribution is -2.61. The third-order valence-corrected chi connectivity index (χ3v) is 6.76. The summed E-state index contributed by atoms with van der Waals surface area (Å²) < 4.78 is 0. The fraction of sp³-hybridized carbons (Fsp3) is 0.650. The Morgan fingerprint density at radius 1 is 1.29 bits per heavy atom. The van der Waals surface area contributed by atoms with Crippen LogP contribution >= 0.6 is 0 Å². The van der Waals surface area contributed by atoms with E-state index in [2.05, 4.69) is 39.6 Å². The van der Waals surface area contributed by atoms with Gasteiger partial charge in [0.15, 0.2) is 0 Å². The van der Waals surface area contributed by atoms with Crippen molar-refractivity contribution in [2.45, 2.75) is 56.4 Å². The number of fused-ring (bicyclic) bond motifs is 1. The minimum Gasteiger partial charge on any atom is -0.315 e. The second kappa shape index (κ2) is 6.85. The van der Waals surface area contributed by atoms with E-state index in [1.165, 1.54) is 51.6 Å². The Hall–Kier alpha value is -1.39. The maximum atomic E-state index is 5.23. The van der Waals surface area contributed by atoms with Crippen molar-refractivity contribution in [3.05, 3.63) is 35.4 Å². The molecular weight excluding hydrogens is 296 g/mol. The van der Waals surface area contributed by atoms with Gasteiger partial charge in [-0.1, -0.05) is 37.1 Å². The number of nitrogens with two attached hydrogens (primary N) is 1. The van der Waals surface area contributed by atoms with Gasteiger partial charge in [0.2, 0.25) is 0 Å². The van der Waals surface area contributed by atoms with Crippen molar-refractivity contribution in [1.29, 1.82) is 0 Å². The molecule has 1 aromatic rings. The van der Waals surface area contributed by atoms with Crippen molar-refractivity contribution in [2.24, 2.45) is 16.8 Å². The van der Waals surface area contributed by atoms with Crippen LogP contribution in [0.4, 0.5) is 0 Å². The number of hydrazine groups is 1. The van der Waals surface area contributed by atoms with E-state index < -0.39 is 0 Å². The molecule has 2 bridgehead atoms. The van der Waals surface area contributed by atoms with E-state index in [1.807, 2.05) is 0 Å². The quantitative estimate of drug-likeness (QED) is 0.287. The fourth-order valence-electron chi connectivity index (χ4n) is 5.81. The van der Waals surface area contributed by atoms with Gasteiger partial charge in [-0.15, -0.1) is 0 Å². The molecule has 4 rings (SSSR count). The number of benzene rings is 1. The van der Waals surface area contributed by atoms with Crippen LogP contribution in [0.3, 0.4) is 0 Å². The highest BCUT2D eigenvalue weighted by atomic mass is 15.2. The molecule has 0 amide bonds. The highest BCUT2D eigenvalue weighted by Gasteiger charge is 2.53. The zero-order chi connectivity index (χ0) is 16.4. The number of likely N-dealkylation sites (tertiary alicyclic amines) is 1. The van der Waals surface area contributed by atoms with Gasteiger partial charge in [0, 0.05) is 24.5 Å². The molecule has 1 aromatic carbocycles. The van der Waals surface area contributed by atoms with Crippen LogP contribution < -0.4 is 11.3 Å². The summed E-state index contributed by atoms with van der Waals surface area (Å²) >= 11 is 0. The van der Waals surface area contributed by atoms with Gasteiger partial charge in [-0.25, -0.2) is 5.84 Å². The zero-order valence-corrected chi connectivity index (χ0v) is 14.6. The molecule has 0 unspecified atom stereocenters. The number of nitrogens with one attached hydrogen (secondary N) is 1. The summed E-state index contributed by atoms with van der Waals surface area (Å²) in [6.45, 7) is 3.29. The minimum atomic E-state index is 0.482.